The van der Waals surface area contributed by atoms with Crippen molar-refractivity contribution in [1.82, 2.24) is 4.98 Å². The van der Waals surface area contributed by atoms with Crippen LogP contribution in [0.2, 0.25) is 0 Å². The molecule has 2 heterocycles. The van der Waals surface area contributed by atoms with E-state index in [4.69, 9.17) is 10.2 Å². The summed E-state index contributed by atoms with van der Waals surface area (Å²) in [4.78, 5) is 37.0. The highest BCUT2D eigenvalue weighted by atomic mass is 16.4. The fraction of sp³-hybridized carbons (Fsp3) is 0.182. The topological polar surface area (TPSA) is 106 Å². The second kappa shape index (κ2) is 3.99. The average molecular weight is 234 g/mol. The Labute approximate surface area is 95.1 Å². The molecule has 0 atom stereocenters. The van der Waals surface area contributed by atoms with Crippen LogP contribution in [-0.4, -0.2) is 17.3 Å². The number of aryl methyl sites for hydroxylation is 1. The van der Waals surface area contributed by atoms with Crippen LogP contribution in [-0.2, 0) is 0 Å². The molecule has 6 nitrogen and oxygen atoms in total. The Bertz CT molecular complexity index is 711. The number of Topliss-reactive ketones (excluding diaryl/α,β-unsaturated/α-hetero) is 1. The number of H-pyrrole nitrogens is 1. The van der Waals surface area contributed by atoms with Crippen molar-refractivity contribution in [3.63, 3.8) is 0 Å². The van der Waals surface area contributed by atoms with Crippen molar-refractivity contribution in [1.29, 1.82) is 0 Å². The molecule has 0 saturated carbocycles. The van der Waals surface area contributed by atoms with E-state index in [0.717, 1.165) is 0 Å². The highest BCUT2D eigenvalue weighted by Crippen LogP contribution is 2.09. The Morgan fingerprint density at radius 2 is 2.12 bits per heavy atom. The number of hydrogen-bond donors (Lipinski definition) is 2. The van der Waals surface area contributed by atoms with E-state index in [1.54, 1.807) is 6.92 Å². The fourth-order valence-corrected chi connectivity index (χ4v) is 1.55. The molecule has 0 saturated heterocycles. The first kappa shape index (κ1) is 11.3. The number of pyridine rings is 1. The van der Waals surface area contributed by atoms with Gasteiger partial charge in [-0.15, -0.1) is 0 Å². The van der Waals surface area contributed by atoms with Gasteiger partial charge in [-0.25, -0.2) is 4.79 Å². The summed E-state index contributed by atoms with van der Waals surface area (Å²) in [5.74, 6) is -0.555. The van der Waals surface area contributed by atoms with Gasteiger partial charge >= 0.3 is 5.63 Å². The SMILES string of the molecule is Cc1cc2oc(=O)c(C(=O)CN)cc2c(=O)[nH]1. The third-order valence-corrected chi connectivity index (χ3v) is 2.37. The summed E-state index contributed by atoms with van der Waals surface area (Å²) >= 11 is 0. The second-order valence-electron chi connectivity index (χ2n) is 3.63. The van der Waals surface area contributed by atoms with Crippen LogP contribution in [0.4, 0.5) is 0 Å². The standard InChI is InChI=1S/C11H10N2O4/c1-5-2-9-7(10(15)13-5)3-6(8(14)4-12)11(16)17-9/h2-3H,4,12H2,1H3,(H,13,15). The molecule has 2 rings (SSSR count). The van der Waals surface area contributed by atoms with Crippen molar-refractivity contribution in [3.8, 4) is 0 Å². The molecule has 2 aromatic heterocycles. The number of aromatic amines is 1. The first-order chi connectivity index (χ1) is 8.02. The summed E-state index contributed by atoms with van der Waals surface area (Å²) in [5.41, 5.74) is 4.51. The van der Waals surface area contributed by atoms with Crippen LogP contribution in [0.1, 0.15) is 16.1 Å². The maximum Gasteiger partial charge on any atom is 0.347 e. The van der Waals surface area contributed by atoms with Gasteiger partial charge in [0.2, 0.25) is 0 Å². The number of nitrogens with one attached hydrogen (secondary N) is 1. The Morgan fingerprint density at radius 1 is 1.41 bits per heavy atom. The lowest BCUT2D eigenvalue weighted by atomic mass is 10.1. The Morgan fingerprint density at radius 3 is 2.76 bits per heavy atom. The molecule has 0 unspecified atom stereocenters. The molecule has 0 aliphatic rings. The predicted octanol–water partition coefficient (Wildman–Crippen LogP) is -0.0689. The number of nitrogens with two attached hydrogens (primary N) is 1. The molecular weight excluding hydrogens is 224 g/mol. The molecule has 0 bridgehead atoms. The number of aromatic nitrogens is 1. The van der Waals surface area contributed by atoms with Gasteiger partial charge in [0.25, 0.3) is 5.56 Å². The van der Waals surface area contributed by atoms with E-state index in [-0.39, 0.29) is 23.1 Å². The lowest BCUT2D eigenvalue weighted by Crippen LogP contribution is -2.22. The summed E-state index contributed by atoms with van der Waals surface area (Å²) < 4.78 is 4.93. The molecule has 6 heteroatoms. The molecule has 0 aliphatic carbocycles. The second-order valence-corrected chi connectivity index (χ2v) is 3.63. The normalized spacial score (nSPS) is 10.7. The van der Waals surface area contributed by atoms with E-state index >= 15 is 0 Å². The molecule has 0 fully saturated rings. The Kier molecular flexibility index (Phi) is 2.64. The first-order valence-electron chi connectivity index (χ1n) is 4.94. The van der Waals surface area contributed by atoms with E-state index in [1.165, 1.54) is 12.1 Å². The zero-order chi connectivity index (χ0) is 12.6. The summed E-state index contributed by atoms with van der Waals surface area (Å²) in [5, 5.41) is 0.159. The van der Waals surface area contributed by atoms with Gasteiger partial charge in [-0.1, -0.05) is 0 Å². The van der Waals surface area contributed by atoms with Gasteiger partial charge in [0, 0.05) is 11.8 Å². The summed E-state index contributed by atoms with van der Waals surface area (Å²) in [6.45, 7) is 1.36. The number of hydrogen-bond acceptors (Lipinski definition) is 5. The van der Waals surface area contributed by atoms with E-state index in [1.807, 2.05) is 0 Å². The van der Waals surface area contributed by atoms with Gasteiger partial charge in [0.15, 0.2) is 5.78 Å². The predicted molar refractivity (Wildman–Crippen MR) is 61.2 cm³/mol. The van der Waals surface area contributed by atoms with E-state index in [0.29, 0.717) is 5.69 Å². The van der Waals surface area contributed by atoms with E-state index in [2.05, 4.69) is 4.98 Å². The molecule has 3 N–H and O–H groups in total. The number of ketones is 1. The minimum absolute atomic E-state index is 0.157. The quantitative estimate of drug-likeness (QED) is 0.707. The van der Waals surface area contributed by atoms with Crippen LogP contribution in [0.25, 0.3) is 11.0 Å². The Balaban J connectivity index is 2.86. The van der Waals surface area contributed by atoms with E-state index in [9.17, 15) is 14.4 Å². The molecule has 0 radical (unpaired) electrons. The highest BCUT2D eigenvalue weighted by molar-refractivity contribution is 5.99. The van der Waals surface area contributed by atoms with Crippen LogP contribution in [0.5, 0.6) is 0 Å². The third kappa shape index (κ3) is 1.90. The summed E-state index contributed by atoms with van der Waals surface area (Å²) in [6, 6.07) is 2.74. The zero-order valence-electron chi connectivity index (χ0n) is 9.07. The molecule has 0 aromatic carbocycles. The molecule has 0 amide bonds. The number of carbonyl (C=O) groups excluding carboxylic acids is 1. The smallest absolute Gasteiger partial charge is 0.347 e. The monoisotopic (exact) mass is 234 g/mol. The summed E-state index contributed by atoms with van der Waals surface area (Å²) in [6.07, 6.45) is 0. The van der Waals surface area contributed by atoms with Crippen LogP contribution in [0, 0.1) is 6.92 Å². The maximum atomic E-state index is 11.6. The number of rotatable bonds is 2. The van der Waals surface area contributed by atoms with E-state index < -0.39 is 17.0 Å². The zero-order valence-corrected chi connectivity index (χ0v) is 9.07. The van der Waals surface area contributed by atoms with Crippen molar-refractivity contribution in [2.24, 2.45) is 5.73 Å². The molecule has 0 spiro atoms. The maximum absolute atomic E-state index is 11.6. The molecule has 17 heavy (non-hydrogen) atoms. The summed E-state index contributed by atoms with van der Waals surface area (Å²) in [7, 11) is 0. The van der Waals surface area contributed by atoms with Crippen molar-refractivity contribution in [2.45, 2.75) is 6.92 Å². The number of carbonyl (C=O) groups is 1. The van der Waals surface area contributed by atoms with Gasteiger partial charge in [0.1, 0.15) is 11.1 Å². The van der Waals surface area contributed by atoms with Crippen molar-refractivity contribution < 1.29 is 9.21 Å². The van der Waals surface area contributed by atoms with Crippen LogP contribution in [0.3, 0.4) is 0 Å². The fourth-order valence-electron chi connectivity index (χ4n) is 1.55. The average Bonchev–Trinajstić information content (AvgIpc) is 2.27. The molecule has 88 valence electrons. The van der Waals surface area contributed by atoms with Crippen LogP contribution < -0.4 is 16.9 Å². The van der Waals surface area contributed by atoms with Crippen molar-refractivity contribution >= 4 is 16.8 Å². The molecular formula is C11H10N2O4. The third-order valence-electron chi connectivity index (χ3n) is 2.37. The van der Waals surface area contributed by atoms with Crippen molar-refractivity contribution in [3.05, 3.63) is 44.2 Å². The minimum Gasteiger partial charge on any atom is -0.422 e. The minimum atomic E-state index is -0.780. The van der Waals surface area contributed by atoms with Gasteiger partial charge in [-0.3, -0.25) is 9.59 Å². The van der Waals surface area contributed by atoms with Crippen LogP contribution >= 0.6 is 0 Å². The van der Waals surface area contributed by atoms with Gasteiger partial charge < -0.3 is 15.1 Å². The van der Waals surface area contributed by atoms with Crippen LogP contribution in [0.15, 0.2) is 26.1 Å². The molecule has 2 aromatic rings. The van der Waals surface area contributed by atoms with Crippen molar-refractivity contribution in [2.75, 3.05) is 6.54 Å². The first-order valence-corrected chi connectivity index (χ1v) is 4.94. The van der Waals surface area contributed by atoms with Gasteiger partial charge in [0.05, 0.1) is 11.9 Å². The van der Waals surface area contributed by atoms with Gasteiger partial charge in [-0.05, 0) is 13.0 Å². The van der Waals surface area contributed by atoms with Gasteiger partial charge in [-0.2, -0.15) is 0 Å². The molecule has 0 aliphatic heterocycles. The lowest BCUT2D eigenvalue weighted by Gasteiger charge is -2.00. The Hall–Kier alpha value is -2.21. The lowest BCUT2D eigenvalue weighted by molar-refractivity contribution is 0.0998. The largest absolute Gasteiger partial charge is 0.422 e. The number of fused-ring (bicyclic) bond motifs is 1. The highest BCUT2D eigenvalue weighted by Gasteiger charge is 2.13.